The molecule has 4 aromatic carbocycles. The van der Waals surface area contributed by atoms with Crippen LogP contribution in [0, 0.1) is 49.4 Å². The van der Waals surface area contributed by atoms with E-state index in [4.69, 9.17) is 23.2 Å². The third kappa shape index (κ3) is 10.4. The van der Waals surface area contributed by atoms with Gasteiger partial charge in [-0.25, -0.2) is 17.6 Å². The van der Waals surface area contributed by atoms with Crippen LogP contribution < -0.4 is 21.3 Å². The Kier molecular flexibility index (Phi) is 17.1. The van der Waals surface area contributed by atoms with E-state index < -0.39 is 47.1 Å². The summed E-state index contributed by atoms with van der Waals surface area (Å²) in [6.07, 6.45) is 8.00. The number of halogens is 6. The maximum absolute atomic E-state index is 13.3. The highest BCUT2D eigenvalue weighted by Crippen LogP contribution is 2.70. The lowest BCUT2D eigenvalue weighted by atomic mass is 9.73. The second-order valence-corrected chi connectivity index (χ2v) is 32.5. The number of nitrogens with zero attached hydrogens (tertiary/aromatic N) is 8. The van der Waals surface area contributed by atoms with Gasteiger partial charge in [0.05, 0.1) is 56.8 Å². The molecule has 4 saturated carbocycles. The van der Waals surface area contributed by atoms with Gasteiger partial charge in [-0.3, -0.25) is 37.9 Å². The summed E-state index contributed by atoms with van der Waals surface area (Å²) in [6, 6.07) is 26.1. The van der Waals surface area contributed by atoms with Gasteiger partial charge < -0.3 is 21.3 Å². The number of rotatable bonds is 10. The smallest absolute Gasteiger partial charge is 0.282 e. The van der Waals surface area contributed by atoms with E-state index in [-0.39, 0.29) is 55.7 Å². The summed E-state index contributed by atoms with van der Waals surface area (Å²) in [5, 5.41) is 29.5. The molecule has 100 heavy (non-hydrogen) atoms. The second kappa shape index (κ2) is 24.3. The molecule has 8 aromatic rings. The number of fused-ring (bicyclic) bond motifs is 20. The molecule has 16 rings (SSSR count). The molecule has 8 atom stereocenters. The van der Waals surface area contributed by atoms with Gasteiger partial charge in [0.1, 0.15) is 21.7 Å². The highest BCUT2D eigenvalue weighted by atomic mass is 35.5. The van der Waals surface area contributed by atoms with E-state index in [1.165, 1.54) is 75.6 Å². The molecule has 528 valence electrons. The molecule has 0 spiro atoms. The Bertz CT molecular complexity index is 4390. The van der Waals surface area contributed by atoms with Crippen molar-refractivity contribution in [3.8, 4) is 0 Å². The van der Waals surface area contributed by atoms with Crippen LogP contribution in [0.15, 0.2) is 97.6 Å². The second-order valence-electron chi connectivity index (χ2n) is 31.8. The first-order valence-corrected chi connectivity index (χ1v) is 35.4. The first-order valence-electron chi connectivity index (χ1n) is 34.6. The van der Waals surface area contributed by atoms with E-state index >= 15 is 0 Å². The van der Waals surface area contributed by atoms with Crippen LogP contribution in [0.4, 0.5) is 17.6 Å². The molecule has 4 aromatic heterocycles. The third-order valence-electron chi connectivity index (χ3n) is 25.4. The van der Waals surface area contributed by atoms with Gasteiger partial charge in [-0.2, -0.15) is 20.4 Å². The maximum atomic E-state index is 13.3. The van der Waals surface area contributed by atoms with Crippen molar-refractivity contribution in [2.24, 2.45) is 49.9 Å². The van der Waals surface area contributed by atoms with Gasteiger partial charge in [0, 0.05) is 40.6 Å². The average molecular weight is 1410 g/mol. The normalized spacial score (nSPS) is 26.0. The molecule has 8 unspecified atom stereocenters. The topological polar surface area (TPSA) is 188 Å². The molecule has 8 aliphatic rings. The van der Waals surface area contributed by atoms with Crippen LogP contribution in [0.25, 0.3) is 0 Å². The SMILES string of the molecule is Cc1ccc2c(c1)C1(NC(=O)c3cn(C)nc3C(F)F)CCC2C1(C)C.Cc1ccc2c(c1)C1(NC(=O)c3cn(C)nc3C(F)F)CCC2C1(C)C.Cc1ccc2c(c1)C1(NC(=O)c3cnn(C)c3Cl)CCC2C1(C)C.Cc1ccc2c(c1)C1(NC(=O)c3cnn(C)c3Cl)CCC2C1(C)C. The van der Waals surface area contributed by atoms with E-state index in [1.807, 2.05) is 13.8 Å². The number of carbonyl (C=O) groups excluding carboxylic acids is 4. The molecule has 8 bridgehead atoms. The lowest BCUT2D eigenvalue weighted by Gasteiger charge is -2.40. The molecular weight excluding hydrogens is 1320 g/mol. The molecule has 22 heteroatoms. The van der Waals surface area contributed by atoms with E-state index in [1.54, 1.807) is 40.6 Å². The minimum atomic E-state index is -2.78. The van der Waals surface area contributed by atoms with Gasteiger partial charge >= 0.3 is 0 Å². The summed E-state index contributed by atoms with van der Waals surface area (Å²) in [5.74, 6) is 0.458. The summed E-state index contributed by atoms with van der Waals surface area (Å²) in [7, 11) is 6.57. The molecule has 16 nitrogen and oxygen atoms in total. The Labute approximate surface area is 592 Å². The van der Waals surface area contributed by atoms with Gasteiger partial charge in [0.15, 0.2) is 0 Å². The Morgan fingerprint density at radius 1 is 0.420 bits per heavy atom. The van der Waals surface area contributed by atoms with Gasteiger partial charge in [0.2, 0.25) is 0 Å². The number of hydrogen-bond donors (Lipinski definition) is 4. The van der Waals surface area contributed by atoms with Crippen LogP contribution in [0.3, 0.4) is 0 Å². The van der Waals surface area contributed by atoms with Crippen LogP contribution in [0.1, 0.15) is 263 Å². The van der Waals surface area contributed by atoms with Crippen molar-refractivity contribution in [1.82, 2.24) is 60.4 Å². The predicted octanol–water partition coefficient (Wildman–Crippen LogP) is 16.3. The Balaban J connectivity index is 0.000000120. The largest absolute Gasteiger partial charge is 0.342 e. The molecule has 4 amide bonds. The fourth-order valence-electron chi connectivity index (χ4n) is 19.9. The molecule has 4 heterocycles. The first-order chi connectivity index (χ1) is 46.9. The van der Waals surface area contributed by atoms with Crippen molar-refractivity contribution in [3.05, 3.63) is 208 Å². The minimum absolute atomic E-state index is 0.0204. The summed E-state index contributed by atoms with van der Waals surface area (Å²) >= 11 is 12.4. The zero-order valence-corrected chi connectivity index (χ0v) is 61.3. The van der Waals surface area contributed by atoms with E-state index in [0.717, 1.165) is 73.6 Å². The van der Waals surface area contributed by atoms with Crippen LogP contribution in [-0.4, -0.2) is 62.8 Å². The maximum Gasteiger partial charge on any atom is 0.282 e. The van der Waals surface area contributed by atoms with Crippen molar-refractivity contribution in [2.75, 3.05) is 0 Å². The number of alkyl halides is 4. The Morgan fingerprint density at radius 2 is 0.660 bits per heavy atom. The summed E-state index contributed by atoms with van der Waals surface area (Å²) in [6.45, 7) is 26.0. The molecule has 0 aliphatic heterocycles. The van der Waals surface area contributed by atoms with Crippen molar-refractivity contribution in [3.63, 3.8) is 0 Å². The van der Waals surface area contributed by atoms with Crippen LogP contribution in [0.2, 0.25) is 10.3 Å². The number of nitrogens with one attached hydrogen (secondary N) is 4. The number of aromatic nitrogens is 8. The summed E-state index contributed by atoms with van der Waals surface area (Å²) in [4.78, 5) is 51.9. The Morgan fingerprint density at radius 3 is 0.880 bits per heavy atom. The number of carbonyl (C=O) groups is 4. The number of benzene rings is 4. The zero-order chi connectivity index (χ0) is 72.3. The lowest BCUT2D eigenvalue weighted by molar-refractivity contribution is 0.0791. The standard InChI is InChI=1S/2C20H23F2N3O.2C19H22ClN3O/c2*1-11-5-6-12-14-7-8-20(15(12)9-11,19(14,2)3)23-18(26)13-10-25(4)24-16(13)17(21)22;2*1-11-5-6-12-14-7-8-19(15(12)9-11,18(14,2)3)22-17(24)13-10-21-23(4)16(13)20/h2*5-6,9-10,14,17H,7-8H2,1-4H3,(H,23,26);2*5-6,9-10,14H,7-8H2,1-4H3,(H,22,24). The molecule has 0 saturated heterocycles. The van der Waals surface area contributed by atoms with E-state index in [9.17, 15) is 36.7 Å². The van der Waals surface area contributed by atoms with Crippen molar-refractivity contribution in [2.45, 2.75) is 193 Å². The van der Waals surface area contributed by atoms with Crippen LogP contribution in [-0.2, 0) is 50.3 Å². The summed E-state index contributed by atoms with van der Waals surface area (Å²) in [5.41, 5.74) is 12.6. The van der Waals surface area contributed by atoms with Gasteiger partial charge in [-0.1, -0.05) is 174 Å². The monoisotopic (exact) mass is 1400 g/mol. The number of aryl methyl sites for hydroxylation is 8. The first kappa shape index (κ1) is 70.3. The third-order valence-corrected chi connectivity index (χ3v) is 26.3. The fraction of sp³-hybridized carbons (Fsp3) is 0.487. The zero-order valence-electron chi connectivity index (χ0n) is 59.8. The van der Waals surface area contributed by atoms with Gasteiger partial charge in [-0.15, -0.1) is 0 Å². The minimum Gasteiger partial charge on any atom is -0.342 e. The van der Waals surface area contributed by atoms with Crippen LogP contribution in [0.5, 0.6) is 0 Å². The Hall–Kier alpha value is -8.10. The molecular formula is C78H90Cl2F4N12O4. The molecule has 8 aliphatic carbocycles. The van der Waals surface area contributed by atoms with Crippen molar-refractivity contribution >= 4 is 46.8 Å². The highest BCUT2D eigenvalue weighted by Gasteiger charge is 2.66. The average Bonchev–Trinajstić information content (AvgIpc) is 1.55. The molecule has 0 radical (unpaired) electrons. The highest BCUT2D eigenvalue weighted by molar-refractivity contribution is 6.33. The van der Waals surface area contributed by atoms with E-state index in [2.05, 4.69) is 184 Å². The number of hydrogen-bond acceptors (Lipinski definition) is 8. The molecule has 4 fully saturated rings. The predicted molar refractivity (Wildman–Crippen MR) is 377 cm³/mol. The molecule has 4 N–H and O–H groups in total. The van der Waals surface area contributed by atoms with Gasteiger partial charge in [-0.05, 0) is 169 Å². The number of amides is 4. The van der Waals surface area contributed by atoms with Crippen LogP contribution >= 0.6 is 23.2 Å². The fourth-order valence-corrected chi connectivity index (χ4v) is 20.2. The van der Waals surface area contributed by atoms with Crippen molar-refractivity contribution in [1.29, 1.82) is 0 Å². The summed E-state index contributed by atoms with van der Waals surface area (Å²) < 4.78 is 58.7. The quantitative estimate of drug-likeness (QED) is 0.0974. The van der Waals surface area contributed by atoms with E-state index in [0.29, 0.717) is 45.1 Å². The van der Waals surface area contributed by atoms with Crippen molar-refractivity contribution < 1.29 is 36.7 Å². The van der Waals surface area contributed by atoms with Gasteiger partial charge in [0.25, 0.3) is 36.5 Å². The lowest BCUT2D eigenvalue weighted by Crippen LogP contribution is -2.51.